The predicted octanol–water partition coefficient (Wildman–Crippen LogP) is 0.0851. The van der Waals surface area contributed by atoms with Crippen molar-refractivity contribution in [3.8, 4) is 0 Å². The zero-order chi connectivity index (χ0) is 13.8. The van der Waals surface area contributed by atoms with Crippen molar-refractivity contribution < 1.29 is 29.0 Å². The second-order valence-corrected chi connectivity index (χ2v) is 3.72. The fourth-order valence-corrected chi connectivity index (χ4v) is 1.41. The van der Waals surface area contributed by atoms with Gasteiger partial charge in [0.25, 0.3) is 0 Å². The second-order valence-electron chi connectivity index (χ2n) is 3.45. The number of rotatable bonds is 6. The van der Waals surface area contributed by atoms with Gasteiger partial charge in [-0.05, 0) is 12.1 Å². The number of alkyl halides is 1. The van der Waals surface area contributed by atoms with Crippen LogP contribution in [0, 0.1) is 0 Å². The molecule has 0 fully saturated rings. The summed E-state index contributed by atoms with van der Waals surface area (Å²) in [5, 5.41) is 20.0. The van der Waals surface area contributed by atoms with E-state index in [1.165, 1.54) is 18.4 Å². The number of amides is 1. The van der Waals surface area contributed by atoms with Gasteiger partial charge in [-0.3, -0.25) is 4.79 Å². The van der Waals surface area contributed by atoms with E-state index in [1.807, 2.05) is 5.32 Å². The first kappa shape index (κ1) is 14.0. The molecular formula is C10H10ClNO6. The van der Waals surface area contributed by atoms with Crippen molar-refractivity contribution in [2.24, 2.45) is 0 Å². The first-order chi connectivity index (χ1) is 8.42. The van der Waals surface area contributed by atoms with Gasteiger partial charge in [0.05, 0.1) is 12.7 Å². The van der Waals surface area contributed by atoms with Crippen molar-refractivity contribution in [3.63, 3.8) is 0 Å². The quantitative estimate of drug-likeness (QED) is 0.500. The SMILES string of the molecule is O=C(CCl)NC(Cc1ccco1)(C(=O)O)C(=O)O. The fourth-order valence-electron chi connectivity index (χ4n) is 1.34. The van der Waals surface area contributed by atoms with Gasteiger partial charge < -0.3 is 19.9 Å². The third kappa shape index (κ3) is 2.80. The summed E-state index contributed by atoms with van der Waals surface area (Å²) >= 11 is 5.23. The van der Waals surface area contributed by atoms with Crippen LogP contribution in [0.15, 0.2) is 22.8 Å². The predicted molar refractivity (Wildman–Crippen MR) is 59.3 cm³/mol. The summed E-state index contributed by atoms with van der Waals surface area (Å²) in [4.78, 5) is 33.5. The molecule has 8 heteroatoms. The summed E-state index contributed by atoms with van der Waals surface area (Å²) in [6, 6.07) is 2.89. The Bertz CT molecular complexity index is 441. The van der Waals surface area contributed by atoms with E-state index in [9.17, 15) is 14.4 Å². The van der Waals surface area contributed by atoms with E-state index in [4.69, 9.17) is 26.2 Å². The van der Waals surface area contributed by atoms with Crippen LogP contribution in [0.3, 0.4) is 0 Å². The van der Waals surface area contributed by atoms with E-state index in [0.717, 1.165) is 0 Å². The van der Waals surface area contributed by atoms with Crippen LogP contribution in [0.25, 0.3) is 0 Å². The van der Waals surface area contributed by atoms with E-state index >= 15 is 0 Å². The van der Waals surface area contributed by atoms with Crippen molar-refractivity contribution in [2.75, 3.05) is 5.88 Å². The molecule has 0 aliphatic rings. The van der Waals surface area contributed by atoms with Crippen molar-refractivity contribution in [2.45, 2.75) is 12.0 Å². The third-order valence-electron chi connectivity index (χ3n) is 2.22. The number of nitrogens with one attached hydrogen (secondary N) is 1. The summed E-state index contributed by atoms with van der Waals surface area (Å²) < 4.78 is 4.89. The number of furan rings is 1. The monoisotopic (exact) mass is 275 g/mol. The van der Waals surface area contributed by atoms with Crippen molar-refractivity contribution in [1.29, 1.82) is 0 Å². The Labute approximate surface area is 106 Å². The van der Waals surface area contributed by atoms with Gasteiger partial charge in [0.15, 0.2) is 0 Å². The van der Waals surface area contributed by atoms with Gasteiger partial charge in [0, 0.05) is 0 Å². The molecule has 0 aliphatic heterocycles. The van der Waals surface area contributed by atoms with Crippen LogP contribution in [-0.4, -0.2) is 39.5 Å². The molecule has 0 unspecified atom stereocenters. The minimum atomic E-state index is -2.50. The Hall–Kier alpha value is -2.02. The van der Waals surface area contributed by atoms with Crippen LogP contribution in [0.2, 0.25) is 0 Å². The molecule has 0 aliphatic carbocycles. The second kappa shape index (κ2) is 5.54. The lowest BCUT2D eigenvalue weighted by Gasteiger charge is -2.24. The smallest absolute Gasteiger partial charge is 0.341 e. The first-order valence-corrected chi connectivity index (χ1v) is 5.32. The average molecular weight is 276 g/mol. The van der Waals surface area contributed by atoms with E-state index in [-0.39, 0.29) is 5.76 Å². The Morgan fingerprint density at radius 3 is 2.33 bits per heavy atom. The van der Waals surface area contributed by atoms with Gasteiger partial charge in [-0.1, -0.05) is 0 Å². The molecule has 1 amide bonds. The third-order valence-corrected chi connectivity index (χ3v) is 2.47. The normalized spacial score (nSPS) is 10.9. The highest BCUT2D eigenvalue weighted by Crippen LogP contribution is 2.16. The summed E-state index contributed by atoms with van der Waals surface area (Å²) in [5.74, 6) is -4.72. The van der Waals surface area contributed by atoms with Crippen LogP contribution in [-0.2, 0) is 20.8 Å². The summed E-state index contributed by atoms with van der Waals surface area (Å²) in [6.07, 6.45) is 0.750. The number of hydrogen-bond donors (Lipinski definition) is 3. The number of carbonyl (C=O) groups excluding carboxylic acids is 1. The van der Waals surface area contributed by atoms with Crippen LogP contribution in [0.5, 0.6) is 0 Å². The molecule has 1 aromatic rings. The number of carboxylic acids is 2. The maximum Gasteiger partial charge on any atom is 0.341 e. The number of hydrogen-bond acceptors (Lipinski definition) is 4. The van der Waals surface area contributed by atoms with Gasteiger partial charge in [-0.25, -0.2) is 9.59 Å². The Morgan fingerprint density at radius 2 is 1.94 bits per heavy atom. The molecule has 0 spiro atoms. The van der Waals surface area contributed by atoms with Gasteiger partial charge in [-0.2, -0.15) is 0 Å². The van der Waals surface area contributed by atoms with E-state index < -0.39 is 35.7 Å². The van der Waals surface area contributed by atoms with Gasteiger partial charge in [-0.15, -0.1) is 11.6 Å². The number of carbonyl (C=O) groups is 3. The van der Waals surface area contributed by atoms with Gasteiger partial charge in [0.1, 0.15) is 11.6 Å². The summed E-state index contributed by atoms with van der Waals surface area (Å²) in [7, 11) is 0. The van der Waals surface area contributed by atoms with E-state index in [2.05, 4.69) is 0 Å². The van der Waals surface area contributed by atoms with E-state index in [0.29, 0.717) is 0 Å². The zero-order valence-corrected chi connectivity index (χ0v) is 9.81. The summed E-state index contributed by atoms with van der Waals surface area (Å²) in [5.41, 5.74) is -2.50. The van der Waals surface area contributed by atoms with Crippen molar-refractivity contribution >= 4 is 29.4 Å². The van der Waals surface area contributed by atoms with Gasteiger partial charge in [0.2, 0.25) is 11.4 Å². The minimum absolute atomic E-state index is 0.120. The zero-order valence-electron chi connectivity index (χ0n) is 9.05. The number of aliphatic carboxylic acids is 2. The molecule has 0 saturated carbocycles. The topological polar surface area (TPSA) is 117 Å². The standard InChI is InChI=1S/C10H10ClNO6/c11-5-7(13)12-10(8(14)15,9(16)17)4-6-2-1-3-18-6/h1-3H,4-5H2,(H,12,13)(H,14,15)(H,16,17). The minimum Gasteiger partial charge on any atom is -0.479 e. The molecule has 0 saturated heterocycles. The maximum atomic E-state index is 11.2. The van der Waals surface area contributed by atoms with Crippen LogP contribution in [0.1, 0.15) is 5.76 Å². The Kier molecular flexibility index (Phi) is 4.33. The Balaban J connectivity index is 3.09. The molecule has 0 bridgehead atoms. The van der Waals surface area contributed by atoms with Gasteiger partial charge >= 0.3 is 11.9 Å². The largest absolute Gasteiger partial charge is 0.479 e. The highest BCUT2D eigenvalue weighted by molar-refractivity contribution is 6.27. The lowest BCUT2D eigenvalue weighted by Crippen LogP contribution is -2.62. The average Bonchev–Trinajstić information content (AvgIpc) is 2.79. The molecule has 7 nitrogen and oxygen atoms in total. The first-order valence-electron chi connectivity index (χ1n) is 4.78. The molecule has 1 rings (SSSR count). The Morgan fingerprint density at radius 1 is 1.33 bits per heavy atom. The summed E-state index contributed by atoms with van der Waals surface area (Å²) in [6.45, 7) is 0. The molecule has 0 radical (unpaired) electrons. The molecule has 98 valence electrons. The maximum absolute atomic E-state index is 11.2. The lowest BCUT2D eigenvalue weighted by molar-refractivity contribution is -0.161. The fraction of sp³-hybridized carbons (Fsp3) is 0.300. The molecule has 18 heavy (non-hydrogen) atoms. The molecule has 3 N–H and O–H groups in total. The highest BCUT2D eigenvalue weighted by atomic mass is 35.5. The van der Waals surface area contributed by atoms with Crippen molar-refractivity contribution in [3.05, 3.63) is 24.2 Å². The highest BCUT2D eigenvalue weighted by Gasteiger charge is 2.48. The molecular weight excluding hydrogens is 266 g/mol. The molecule has 0 atom stereocenters. The lowest BCUT2D eigenvalue weighted by atomic mass is 9.94. The molecule has 1 heterocycles. The van der Waals surface area contributed by atoms with Crippen LogP contribution in [0.4, 0.5) is 0 Å². The van der Waals surface area contributed by atoms with E-state index in [1.54, 1.807) is 0 Å². The van der Waals surface area contributed by atoms with Crippen molar-refractivity contribution in [1.82, 2.24) is 5.32 Å². The number of halogens is 1. The molecule has 0 aromatic carbocycles. The van der Waals surface area contributed by atoms with Crippen LogP contribution >= 0.6 is 11.6 Å². The molecule has 1 aromatic heterocycles. The van der Waals surface area contributed by atoms with Crippen LogP contribution < -0.4 is 5.32 Å². The number of carboxylic acid groups (broad SMARTS) is 2.